The number of hydrogen-bond acceptors (Lipinski definition) is 3. The number of benzene rings is 2. The average molecular weight is 336 g/mol. The van der Waals surface area contributed by atoms with Crippen LogP contribution in [0.5, 0.6) is 0 Å². The number of hydrogen-bond donors (Lipinski definition) is 1. The topological polar surface area (TPSA) is 49.4 Å². The third kappa shape index (κ3) is 4.53. The highest BCUT2D eigenvalue weighted by Gasteiger charge is 2.16. The second kappa shape index (κ2) is 7.10. The molecule has 124 valence electrons. The van der Waals surface area contributed by atoms with E-state index in [1.807, 2.05) is 43.3 Å². The summed E-state index contributed by atoms with van der Waals surface area (Å²) in [7, 11) is 0.309. The van der Waals surface area contributed by atoms with Gasteiger partial charge in [-0.1, -0.05) is 12.1 Å². The molecule has 0 heterocycles. The Hall–Kier alpha value is -1.92. The molecule has 23 heavy (non-hydrogen) atoms. The molecule has 4 nitrogen and oxygen atoms in total. The minimum absolute atomic E-state index is 0.113. The van der Waals surface area contributed by atoms with E-state index in [0.29, 0.717) is 18.5 Å². The molecule has 2 aromatic rings. The molecule has 0 amide bonds. The van der Waals surface area contributed by atoms with E-state index >= 15 is 0 Å². The molecule has 0 aliphatic rings. The van der Waals surface area contributed by atoms with Crippen LogP contribution in [0.1, 0.15) is 11.1 Å². The molecular formula is C17H21FN2O2S. The molecule has 0 atom stereocenters. The van der Waals surface area contributed by atoms with E-state index in [-0.39, 0.29) is 4.90 Å². The highest BCUT2D eigenvalue weighted by atomic mass is 32.2. The molecule has 2 rings (SSSR count). The van der Waals surface area contributed by atoms with E-state index in [4.69, 9.17) is 0 Å². The summed E-state index contributed by atoms with van der Waals surface area (Å²) in [6.45, 7) is 1.87. The van der Waals surface area contributed by atoms with Crippen molar-refractivity contribution in [3.8, 4) is 0 Å². The van der Waals surface area contributed by atoms with Crippen molar-refractivity contribution in [1.82, 2.24) is 4.72 Å². The van der Waals surface area contributed by atoms with Gasteiger partial charge in [-0.3, -0.25) is 0 Å². The maximum atomic E-state index is 13.1. The Morgan fingerprint density at radius 3 is 2.30 bits per heavy atom. The van der Waals surface area contributed by atoms with Crippen LogP contribution in [0, 0.1) is 12.7 Å². The van der Waals surface area contributed by atoms with Crippen LogP contribution in [0.2, 0.25) is 0 Å². The van der Waals surface area contributed by atoms with Gasteiger partial charge in [-0.25, -0.2) is 17.5 Å². The third-order valence-electron chi connectivity index (χ3n) is 3.58. The standard InChI is InChI=1S/C17H21FN2O2S/c1-13-12-15(18)6-9-17(13)23(21,22)19-11-10-14-4-7-16(8-5-14)20(2)3/h4-9,12,19H,10-11H2,1-3H3. The predicted molar refractivity (Wildman–Crippen MR) is 90.8 cm³/mol. The SMILES string of the molecule is Cc1cc(F)ccc1S(=O)(=O)NCCc1ccc(N(C)C)cc1. The zero-order chi connectivity index (χ0) is 17.0. The van der Waals surface area contributed by atoms with E-state index in [1.54, 1.807) is 6.92 Å². The van der Waals surface area contributed by atoms with Gasteiger partial charge >= 0.3 is 0 Å². The fourth-order valence-corrected chi connectivity index (χ4v) is 3.54. The Labute approximate surface area is 137 Å². The van der Waals surface area contributed by atoms with Gasteiger partial charge in [0, 0.05) is 26.3 Å². The Morgan fingerprint density at radius 2 is 1.74 bits per heavy atom. The van der Waals surface area contributed by atoms with Crippen molar-refractivity contribution in [3.63, 3.8) is 0 Å². The van der Waals surface area contributed by atoms with Crippen molar-refractivity contribution in [2.24, 2.45) is 0 Å². The molecule has 0 unspecified atom stereocenters. The number of rotatable bonds is 6. The van der Waals surface area contributed by atoms with Crippen LogP contribution >= 0.6 is 0 Å². The first-order valence-corrected chi connectivity index (χ1v) is 8.80. The van der Waals surface area contributed by atoms with Crippen molar-refractivity contribution in [2.75, 3.05) is 25.5 Å². The zero-order valence-electron chi connectivity index (χ0n) is 13.5. The Balaban J connectivity index is 1.99. The molecule has 0 fully saturated rings. The molecule has 0 aliphatic heterocycles. The Morgan fingerprint density at radius 1 is 1.09 bits per heavy atom. The number of aryl methyl sites for hydroxylation is 1. The fraction of sp³-hybridized carbons (Fsp3) is 0.294. The molecule has 1 N–H and O–H groups in total. The second-order valence-electron chi connectivity index (χ2n) is 5.62. The van der Waals surface area contributed by atoms with Crippen LogP contribution < -0.4 is 9.62 Å². The Bertz CT molecular complexity index is 772. The van der Waals surface area contributed by atoms with Gasteiger partial charge in [0.05, 0.1) is 4.90 Å². The lowest BCUT2D eigenvalue weighted by molar-refractivity contribution is 0.580. The normalized spacial score (nSPS) is 11.5. The molecule has 0 spiro atoms. The molecule has 0 saturated carbocycles. The summed E-state index contributed by atoms with van der Waals surface area (Å²) >= 11 is 0. The smallest absolute Gasteiger partial charge is 0.240 e. The van der Waals surface area contributed by atoms with E-state index in [2.05, 4.69) is 4.72 Å². The van der Waals surface area contributed by atoms with Crippen LogP contribution in [0.25, 0.3) is 0 Å². The minimum Gasteiger partial charge on any atom is -0.378 e. The number of nitrogens with one attached hydrogen (secondary N) is 1. The summed E-state index contributed by atoms with van der Waals surface area (Å²) in [5.41, 5.74) is 2.54. The van der Waals surface area contributed by atoms with Crippen molar-refractivity contribution in [1.29, 1.82) is 0 Å². The van der Waals surface area contributed by atoms with Gasteiger partial charge in [0.2, 0.25) is 10.0 Å². The molecule has 0 radical (unpaired) electrons. The van der Waals surface area contributed by atoms with Crippen molar-refractivity contribution in [2.45, 2.75) is 18.2 Å². The van der Waals surface area contributed by atoms with Crippen LogP contribution in [0.3, 0.4) is 0 Å². The van der Waals surface area contributed by atoms with Gasteiger partial charge in [0.25, 0.3) is 0 Å². The van der Waals surface area contributed by atoms with E-state index < -0.39 is 15.8 Å². The highest BCUT2D eigenvalue weighted by molar-refractivity contribution is 7.89. The number of halogens is 1. The fourth-order valence-electron chi connectivity index (χ4n) is 2.28. The third-order valence-corrected chi connectivity index (χ3v) is 5.21. The molecule has 6 heteroatoms. The van der Waals surface area contributed by atoms with Crippen LogP contribution in [0.4, 0.5) is 10.1 Å². The van der Waals surface area contributed by atoms with Crippen molar-refractivity contribution < 1.29 is 12.8 Å². The van der Waals surface area contributed by atoms with Crippen molar-refractivity contribution >= 4 is 15.7 Å². The lowest BCUT2D eigenvalue weighted by atomic mass is 10.1. The highest BCUT2D eigenvalue weighted by Crippen LogP contribution is 2.16. The molecular weight excluding hydrogens is 315 g/mol. The quantitative estimate of drug-likeness (QED) is 0.882. The summed E-state index contributed by atoms with van der Waals surface area (Å²) in [6.07, 6.45) is 0.590. The summed E-state index contributed by atoms with van der Waals surface area (Å²) in [5.74, 6) is -0.442. The number of nitrogens with zero attached hydrogens (tertiary/aromatic N) is 1. The van der Waals surface area contributed by atoms with E-state index in [0.717, 1.165) is 17.3 Å². The predicted octanol–water partition coefficient (Wildman–Crippen LogP) is 2.72. The van der Waals surface area contributed by atoms with Gasteiger partial charge in [-0.15, -0.1) is 0 Å². The first kappa shape index (κ1) is 17.4. The number of anilines is 1. The van der Waals surface area contributed by atoms with Crippen LogP contribution in [0.15, 0.2) is 47.4 Å². The Kier molecular flexibility index (Phi) is 5.38. The lowest BCUT2D eigenvalue weighted by Crippen LogP contribution is -2.26. The molecule has 0 aromatic heterocycles. The monoisotopic (exact) mass is 336 g/mol. The summed E-state index contributed by atoms with van der Waals surface area (Å²) in [6, 6.07) is 11.6. The van der Waals surface area contributed by atoms with Crippen molar-refractivity contribution in [3.05, 3.63) is 59.4 Å². The molecule has 0 saturated heterocycles. The molecule has 0 bridgehead atoms. The van der Waals surface area contributed by atoms with Gasteiger partial charge in [0.15, 0.2) is 0 Å². The maximum Gasteiger partial charge on any atom is 0.240 e. The van der Waals surface area contributed by atoms with E-state index in [9.17, 15) is 12.8 Å². The molecule has 0 aliphatic carbocycles. The molecule has 2 aromatic carbocycles. The zero-order valence-corrected chi connectivity index (χ0v) is 14.3. The largest absolute Gasteiger partial charge is 0.378 e. The lowest BCUT2D eigenvalue weighted by Gasteiger charge is -2.13. The van der Waals surface area contributed by atoms with Gasteiger partial charge in [-0.2, -0.15) is 0 Å². The summed E-state index contributed by atoms with van der Waals surface area (Å²) in [5, 5.41) is 0. The van der Waals surface area contributed by atoms with Gasteiger partial charge in [-0.05, 0) is 54.8 Å². The van der Waals surface area contributed by atoms with Gasteiger partial charge in [0.1, 0.15) is 5.82 Å². The minimum atomic E-state index is -3.62. The second-order valence-corrected chi connectivity index (χ2v) is 7.35. The summed E-state index contributed by atoms with van der Waals surface area (Å²) < 4.78 is 40.2. The van der Waals surface area contributed by atoms with E-state index in [1.165, 1.54) is 12.1 Å². The first-order chi connectivity index (χ1) is 10.8. The first-order valence-electron chi connectivity index (χ1n) is 7.32. The maximum absolute atomic E-state index is 13.1. The summed E-state index contributed by atoms with van der Waals surface area (Å²) in [4.78, 5) is 2.12. The van der Waals surface area contributed by atoms with Crippen LogP contribution in [-0.4, -0.2) is 29.1 Å². The van der Waals surface area contributed by atoms with Crippen LogP contribution in [-0.2, 0) is 16.4 Å². The number of sulfonamides is 1. The van der Waals surface area contributed by atoms with Gasteiger partial charge < -0.3 is 4.90 Å². The average Bonchev–Trinajstić information content (AvgIpc) is 2.47.